The largest absolute Gasteiger partial charge is 0.481 e. The number of aliphatic carboxylic acids is 1. The van der Waals surface area contributed by atoms with Crippen LogP contribution in [0.25, 0.3) is 0 Å². The number of carbonyl (C=O) groups is 2. The summed E-state index contributed by atoms with van der Waals surface area (Å²) in [7, 11) is 1.52. The van der Waals surface area contributed by atoms with Crippen LogP contribution in [0.4, 0.5) is 0 Å². The Morgan fingerprint density at radius 2 is 2.29 bits per heavy atom. The highest BCUT2D eigenvalue weighted by molar-refractivity contribution is 5.81. The molecule has 1 aliphatic rings. The van der Waals surface area contributed by atoms with E-state index in [0.29, 0.717) is 18.8 Å². The van der Waals surface area contributed by atoms with Crippen molar-refractivity contribution in [1.82, 2.24) is 9.88 Å². The molecule has 21 heavy (non-hydrogen) atoms. The molecule has 1 aliphatic heterocycles. The van der Waals surface area contributed by atoms with Crippen molar-refractivity contribution in [2.24, 2.45) is 5.92 Å². The molecule has 2 rings (SSSR count). The molecule has 6 nitrogen and oxygen atoms in total. The smallest absolute Gasteiger partial charge is 0.308 e. The van der Waals surface area contributed by atoms with Crippen molar-refractivity contribution in [3.8, 4) is 5.88 Å². The minimum atomic E-state index is -0.871. The molecule has 0 aromatic carbocycles. The Balaban J connectivity index is 2.37. The Labute approximate surface area is 123 Å². The first-order chi connectivity index (χ1) is 10.1. The minimum absolute atomic E-state index is 0.00941. The van der Waals surface area contributed by atoms with Crippen molar-refractivity contribution < 1.29 is 19.4 Å². The lowest BCUT2D eigenvalue weighted by molar-refractivity contribution is -0.152. The van der Waals surface area contributed by atoms with Gasteiger partial charge in [-0.25, -0.2) is 4.98 Å². The third kappa shape index (κ3) is 3.15. The van der Waals surface area contributed by atoms with E-state index in [1.54, 1.807) is 23.2 Å². The van der Waals surface area contributed by atoms with Gasteiger partial charge in [0.25, 0.3) is 0 Å². The Morgan fingerprint density at radius 3 is 2.81 bits per heavy atom. The number of ether oxygens (including phenoxy) is 1. The van der Waals surface area contributed by atoms with Crippen molar-refractivity contribution in [2.45, 2.75) is 32.2 Å². The second-order valence-electron chi connectivity index (χ2n) is 5.15. The summed E-state index contributed by atoms with van der Waals surface area (Å²) >= 11 is 0. The summed E-state index contributed by atoms with van der Waals surface area (Å²) in [6, 6.07) is 3.02. The number of methoxy groups -OCH3 is 1. The summed E-state index contributed by atoms with van der Waals surface area (Å²) in [5, 5.41) is 9.46. The topological polar surface area (TPSA) is 79.7 Å². The van der Waals surface area contributed by atoms with Crippen LogP contribution in [0.2, 0.25) is 0 Å². The van der Waals surface area contributed by atoms with Gasteiger partial charge < -0.3 is 14.7 Å². The van der Waals surface area contributed by atoms with Crippen LogP contribution in [0, 0.1) is 5.92 Å². The number of aromatic nitrogens is 1. The number of likely N-dealkylation sites (tertiary alicyclic amines) is 1. The molecule has 2 atom stereocenters. The van der Waals surface area contributed by atoms with Gasteiger partial charge in [-0.2, -0.15) is 0 Å². The molecule has 6 heteroatoms. The van der Waals surface area contributed by atoms with Gasteiger partial charge >= 0.3 is 5.97 Å². The molecular weight excluding hydrogens is 272 g/mol. The van der Waals surface area contributed by atoms with E-state index < -0.39 is 17.9 Å². The number of rotatable bonds is 5. The van der Waals surface area contributed by atoms with Crippen LogP contribution in [0.5, 0.6) is 5.88 Å². The van der Waals surface area contributed by atoms with Crippen LogP contribution in [-0.4, -0.2) is 40.5 Å². The number of pyridine rings is 1. The van der Waals surface area contributed by atoms with Gasteiger partial charge in [0.1, 0.15) is 0 Å². The van der Waals surface area contributed by atoms with Crippen LogP contribution in [0.3, 0.4) is 0 Å². The number of hydrogen-bond donors (Lipinski definition) is 1. The molecule has 1 amide bonds. The number of carboxylic acid groups (broad SMARTS) is 1. The van der Waals surface area contributed by atoms with Gasteiger partial charge in [-0.05, 0) is 18.4 Å². The maximum absolute atomic E-state index is 12.1. The standard InChI is InChI=1S/C15H20N2O4/c1-3-8-17-13(18)7-5-11(15(19)20)14(17)10-4-6-12(21-2)16-9-10/h4,6,9,11,14H,3,5,7-8H2,1-2H3,(H,19,20). The Bertz CT molecular complexity index is 515. The van der Waals surface area contributed by atoms with Crippen molar-refractivity contribution in [2.75, 3.05) is 13.7 Å². The van der Waals surface area contributed by atoms with Crippen LogP contribution >= 0.6 is 0 Å². The highest BCUT2D eigenvalue weighted by Gasteiger charge is 2.40. The number of carboxylic acids is 1. The Kier molecular flexibility index (Phi) is 4.77. The Hall–Kier alpha value is -2.11. The van der Waals surface area contributed by atoms with E-state index in [1.807, 2.05) is 6.92 Å². The lowest BCUT2D eigenvalue weighted by Gasteiger charge is -2.39. The van der Waals surface area contributed by atoms with Crippen molar-refractivity contribution in [3.63, 3.8) is 0 Å². The molecule has 0 bridgehead atoms. The summed E-state index contributed by atoms with van der Waals surface area (Å²) in [5.41, 5.74) is 0.740. The van der Waals surface area contributed by atoms with E-state index in [2.05, 4.69) is 4.98 Å². The van der Waals surface area contributed by atoms with Crippen molar-refractivity contribution in [1.29, 1.82) is 0 Å². The summed E-state index contributed by atoms with van der Waals surface area (Å²) in [6.07, 6.45) is 3.04. The first-order valence-corrected chi connectivity index (χ1v) is 7.10. The fraction of sp³-hybridized carbons (Fsp3) is 0.533. The summed E-state index contributed by atoms with van der Waals surface area (Å²) in [6.45, 7) is 2.53. The summed E-state index contributed by atoms with van der Waals surface area (Å²) < 4.78 is 5.02. The number of hydrogen-bond acceptors (Lipinski definition) is 4. The SMILES string of the molecule is CCCN1C(=O)CCC(C(=O)O)C1c1ccc(OC)nc1. The molecule has 0 saturated carbocycles. The number of piperidine rings is 1. The summed E-state index contributed by atoms with van der Waals surface area (Å²) in [5.74, 6) is -0.987. The lowest BCUT2D eigenvalue weighted by Crippen LogP contribution is -2.45. The molecule has 1 aromatic heterocycles. The highest BCUT2D eigenvalue weighted by Crippen LogP contribution is 2.37. The third-order valence-corrected chi connectivity index (χ3v) is 3.80. The maximum atomic E-state index is 12.1. The monoisotopic (exact) mass is 292 g/mol. The summed E-state index contributed by atoms with van der Waals surface area (Å²) in [4.78, 5) is 29.5. The van der Waals surface area contributed by atoms with Crippen LogP contribution in [-0.2, 0) is 9.59 Å². The molecular formula is C15H20N2O4. The molecule has 2 heterocycles. The number of carbonyl (C=O) groups excluding carboxylic acids is 1. The molecule has 0 aliphatic carbocycles. The molecule has 0 spiro atoms. The average Bonchev–Trinajstić information content (AvgIpc) is 2.49. The first kappa shape index (κ1) is 15.3. The predicted molar refractivity (Wildman–Crippen MR) is 75.9 cm³/mol. The van der Waals surface area contributed by atoms with Gasteiger partial charge in [0.15, 0.2) is 0 Å². The molecule has 114 valence electrons. The normalized spacial score (nSPS) is 22.2. The Morgan fingerprint density at radius 1 is 1.52 bits per heavy atom. The zero-order valence-corrected chi connectivity index (χ0v) is 12.3. The van der Waals surface area contributed by atoms with E-state index in [4.69, 9.17) is 4.74 Å². The van der Waals surface area contributed by atoms with Crippen LogP contribution < -0.4 is 4.74 Å². The van der Waals surface area contributed by atoms with E-state index in [1.165, 1.54) is 7.11 Å². The van der Waals surface area contributed by atoms with Crippen LogP contribution in [0.15, 0.2) is 18.3 Å². The molecule has 1 N–H and O–H groups in total. The van der Waals surface area contributed by atoms with Gasteiger partial charge in [-0.1, -0.05) is 13.0 Å². The zero-order chi connectivity index (χ0) is 15.4. The van der Waals surface area contributed by atoms with Gasteiger partial charge in [0.05, 0.1) is 19.1 Å². The zero-order valence-electron chi connectivity index (χ0n) is 12.3. The fourth-order valence-corrected chi connectivity index (χ4v) is 2.82. The molecule has 1 fully saturated rings. The number of amides is 1. The second kappa shape index (κ2) is 6.56. The van der Waals surface area contributed by atoms with Gasteiger partial charge in [0.2, 0.25) is 11.8 Å². The number of nitrogens with zero attached hydrogens (tertiary/aromatic N) is 2. The quantitative estimate of drug-likeness (QED) is 0.896. The minimum Gasteiger partial charge on any atom is -0.481 e. The molecule has 0 radical (unpaired) electrons. The van der Waals surface area contributed by atoms with Gasteiger partial charge in [-0.15, -0.1) is 0 Å². The molecule has 1 saturated heterocycles. The molecule has 1 aromatic rings. The van der Waals surface area contributed by atoms with E-state index in [9.17, 15) is 14.7 Å². The van der Waals surface area contributed by atoms with Gasteiger partial charge in [0, 0.05) is 25.2 Å². The molecule has 2 unspecified atom stereocenters. The predicted octanol–water partition coefficient (Wildman–Crippen LogP) is 1.86. The van der Waals surface area contributed by atoms with E-state index >= 15 is 0 Å². The second-order valence-corrected chi connectivity index (χ2v) is 5.15. The first-order valence-electron chi connectivity index (χ1n) is 7.10. The van der Waals surface area contributed by atoms with Crippen molar-refractivity contribution in [3.05, 3.63) is 23.9 Å². The highest BCUT2D eigenvalue weighted by atomic mass is 16.5. The maximum Gasteiger partial charge on any atom is 0.308 e. The van der Waals surface area contributed by atoms with Gasteiger partial charge in [-0.3, -0.25) is 9.59 Å². The van der Waals surface area contributed by atoms with E-state index in [0.717, 1.165) is 12.0 Å². The lowest BCUT2D eigenvalue weighted by atomic mass is 9.84. The van der Waals surface area contributed by atoms with Crippen LogP contribution in [0.1, 0.15) is 37.8 Å². The average molecular weight is 292 g/mol. The fourth-order valence-electron chi connectivity index (χ4n) is 2.82. The third-order valence-electron chi connectivity index (χ3n) is 3.80. The van der Waals surface area contributed by atoms with E-state index in [-0.39, 0.29) is 12.3 Å². The van der Waals surface area contributed by atoms with Crippen molar-refractivity contribution >= 4 is 11.9 Å².